The van der Waals surface area contributed by atoms with Crippen LogP contribution in [0.5, 0.6) is 11.5 Å². The average molecular weight is 280 g/mol. The number of phenolic OH excluding ortho intramolecular Hbond substituents is 1. The normalized spacial score (nSPS) is 11.0. The Labute approximate surface area is 113 Å². The first-order valence-corrected chi connectivity index (χ1v) is 5.71. The van der Waals surface area contributed by atoms with Gasteiger partial charge in [-0.15, -0.1) is 0 Å². The van der Waals surface area contributed by atoms with Crippen LogP contribution in [0.3, 0.4) is 0 Å². The van der Waals surface area contributed by atoms with Crippen molar-refractivity contribution >= 4 is 12.2 Å². The highest BCUT2D eigenvalue weighted by Gasteiger charge is 2.09. The Kier molecular flexibility index (Phi) is 3.98. The van der Waals surface area contributed by atoms with Crippen LogP contribution in [0.4, 0.5) is 13.2 Å². The summed E-state index contributed by atoms with van der Waals surface area (Å²) in [6.07, 6.45) is 2.94. The molecule has 0 aliphatic heterocycles. The number of aromatic hydroxyl groups is 1. The number of benzene rings is 2. The molecule has 0 aliphatic rings. The first kappa shape index (κ1) is 14.0. The maximum Gasteiger partial charge on any atom is 0.194 e. The quantitative estimate of drug-likeness (QED) is 0.680. The second-order valence-corrected chi connectivity index (χ2v) is 4.06. The first-order valence-electron chi connectivity index (χ1n) is 5.71. The number of hydrogen-bond acceptors (Lipinski definition) is 2. The monoisotopic (exact) mass is 280 g/mol. The van der Waals surface area contributed by atoms with E-state index in [2.05, 4.69) is 0 Å². The number of ether oxygens (including phenoxy) is 1. The SMILES string of the molecule is COc1ccc(/C=C\c2cc(F)c(F)c(F)c2)cc1O. The Morgan fingerprint density at radius 1 is 0.950 bits per heavy atom. The van der Waals surface area contributed by atoms with Crippen LogP contribution in [0.15, 0.2) is 30.3 Å². The molecule has 0 amide bonds. The molecule has 5 heteroatoms. The highest BCUT2D eigenvalue weighted by atomic mass is 19.2. The van der Waals surface area contributed by atoms with Crippen LogP contribution < -0.4 is 4.74 Å². The second-order valence-electron chi connectivity index (χ2n) is 4.06. The van der Waals surface area contributed by atoms with Crippen molar-refractivity contribution in [3.63, 3.8) is 0 Å². The maximum atomic E-state index is 13.0. The number of rotatable bonds is 3. The Hall–Kier alpha value is -2.43. The molecular formula is C15H11F3O2. The number of phenols is 1. The van der Waals surface area contributed by atoms with Gasteiger partial charge >= 0.3 is 0 Å². The van der Waals surface area contributed by atoms with Gasteiger partial charge in [0.05, 0.1) is 7.11 Å². The van der Waals surface area contributed by atoms with E-state index in [-0.39, 0.29) is 11.3 Å². The molecule has 0 saturated heterocycles. The molecule has 0 aromatic heterocycles. The Morgan fingerprint density at radius 2 is 1.55 bits per heavy atom. The number of methoxy groups -OCH3 is 1. The van der Waals surface area contributed by atoms with E-state index >= 15 is 0 Å². The average Bonchev–Trinajstić information content (AvgIpc) is 2.42. The summed E-state index contributed by atoms with van der Waals surface area (Å²) in [5, 5.41) is 9.58. The van der Waals surface area contributed by atoms with Crippen LogP contribution in [-0.2, 0) is 0 Å². The predicted molar refractivity (Wildman–Crippen MR) is 69.9 cm³/mol. The minimum absolute atomic E-state index is 0.0499. The van der Waals surface area contributed by atoms with Gasteiger partial charge in [-0.05, 0) is 35.4 Å². The van der Waals surface area contributed by atoms with E-state index in [1.165, 1.54) is 25.3 Å². The second kappa shape index (κ2) is 5.69. The third kappa shape index (κ3) is 2.93. The summed E-state index contributed by atoms with van der Waals surface area (Å²) >= 11 is 0. The molecule has 0 fully saturated rings. The molecule has 2 aromatic rings. The summed E-state index contributed by atoms with van der Waals surface area (Å²) in [7, 11) is 1.43. The van der Waals surface area contributed by atoms with Crippen LogP contribution in [0, 0.1) is 17.5 Å². The van der Waals surface area contributed by atoms with Crippen molar-refractivity contribution in [2.75, 3.05) is 7.11 Å². The van der Waals surface area contributed by atoms with Gasteiger partial charge in [0, 0.05) is 0 Å². The molecule has 104 valence electrons. The zero-order chi connectivity index (χ0) is 14.7. The summed E-state index contributed by atoms with van der Waals surface area (Å²) in [5.41, 5.74) is 0.783. The van der Waals surface area contributed by atoms with Gasteiger partial charge in [0.1, 0.15) is 0 Å². The minimum Gasteiger partial charge on any atom is -0.504 e. The molecule has 0 atom stereocenters. The van der Waals surface area contributed by atoms with Gasteiger partial charge in [0.2, 0.25) is 0 Å². The molecule has 0 bridgehead atoms. The van der Waals surface area contributed by atoms with Crippen LogP contribution in [0.25, 0.3) is 12.2 Å². The smallest absolute Gasteiger partial charge is 0.194 e. The number of hydrogen-bond donors (Lipinski definition) is 1. The summed E-state index contributed by atoms with van der Waals surface area (Å²) in [4.78, 5) is 0. The van der Waals surface area contributed by atoms with Crippen LogP contribution in [0.2, 0.25) is 0 Å². The lowest BCUT2D eigenvalue weighted by molar-refractivity contribution is 0.373. The van der Waals surface area contributed by atoms with Crippen LogP contribution in [0.1, 0.15) is 11.1 Å². The zero-order valence-corrected chi connectivity index (χ0v) is 10.5. The van der Waals surface area contributed by atoms with Gasteiger partial charge in [-0.3, -0.25) is 0 Å². The van der Waals surface area contributed by atoms with Gasteiger partial charge < -0.3 is 9.84 Å². The molecule has 20 heavy (non-hydrogen) atoms. The largest absolute Gasteiger partial charge is 0.504 e. The molecule has 0 saturated carbocycles. The lowest BCUT2D eigenvalue weighted by atomic mass is 10.1. The lowest BCUT2D eigenvalue weighted by Crippen LogP contribution is -1.91. The van der Waals surface area contributed by atoms with E-state index in [4.69, 9.17) is 4.74 Å². The van der Waals surface area contributed by atoms with E-state index < -0.39 is 17.5 Å². The Bertz CT molecular complexity index is 643. The third-order valence-corrected chi connectivity index (χ3v) is 2.68. The fourth-order valence-electron chi connectivity index (χ4n) is 1.67. The Balaban J connectivity index is 2.27. The van der Waals surface area contributed by atoms with Gasteiger partial charge in [-0.1, -0.05) is 18.2 Å². The summed E-state index contributed by atoms with van der Waals surface area (Å²) < 4.78 is 43.7. The lowest BCUT2D eigenvalue weighted by Gasteiger charge is -2.03. The van der Waals surface area contributed by atoms with E-state index in [1.807, 2.05) is 0 Å². The molecular weight excluding hydrogens is 269 g/mol. The molecule has 0 radical (unpaired) electrons. The molecule has 0 aliphatic carbocycles. The molecule has 1 N–H and O–H groups in total. The van der Waals surface area contributed by atoms with Crippen molar-refractivity contribution < 1.29 is 23.0 Å². The fraction of sp³-hybridized carbons (Fsp3) is 0.0667. The Morgan fingerprint density at radius 3 is 2.10 bits per heavy atom. The van der Waals surface area contributed by atoms with Crippen molar-refractivity contribution in [3.8, 4) is 11.5 Å². The minimum atomic E-state index is -1.50. The van der Waals surface area contributed by atoms with E-state index in [9.17, 15) is 18.3 Å². The summed E-state index contributed by atoms with van der Waals surface area (Å²) in [6, 6.07) is 6.42. The third-order valence-electron chi connectivity index (χ3n) is 2.68. The van der Waals surface area contributed by atoms with Gasteiger partial charge in [-0.2, -0.15) is 0 Å². The van der Waals surface area contributed by atoms with E-state index in [1.54, 1.807) is 12.1 Å². The molecule has 0 unspecified atom stereocenters. The van der Waals surface area contributed by atoms with Crippen molar-refractivity contribution in [1.82, 2.24) is 0 Å². The topological polar surface area (TPSA) is 29.5 Å². The van der Waals surface area contributed by atoms with Crippen molar-refractivity contribution in [1.29, 1.82) is 0 Å². The van der Waals surface area contributed by atoms with Crippen LogP contribution >= 0.6 is 0 Å². The highest BCUT2D eigenvalue weighted by molar-refractivity contribution is 5.70. The fourth-order valence-corrected chi connectivity index (χ4v) is 1.67. The van der Waals surface area contributed by atoms with E-state index in [0.29, 0.717) is 11.3 Å². The molecule has 2 aromatic carbocycles. The molecule has 0 heterocycles. The van der Waals surface area contributed by atoms with Gasteiger partial charge in [0.15, 0.2) is 29.0 Å². The van der Waals surface area contributed by atoms with Gasteiger partial charge in [0.25, 0.3) is 0 Å². The zero-order valence-electron chi connectivity index (χ0n) is 10.5. The standard InChI is InChI=1S/C15H11F3O2/c1-20-14-5-4-9(8-13(14)19)2-3-10-6-11(16)15(18)12(17)7-10/h2-8,19H,1H3/b3-2-. The van der Waals surface area contributed by atoms with Crippen molar-refractivity contribution in [2.45, 2.75) is 0 Å². The van der Waals surface area contributed by atoms with Crippen molar-refractivity contribution in [3.05, 3.63) is 58.9 Å². The number of halogens is 3. The van der Waals surface area contributed by atoms with Crippen molar-refractivity contribution in [2.24, 2.45) is 0 Å². The van der Waals surface area contributed by atoms with Crippen LogP contribution in [-0.4, -0.2) is 12.2 Å². The predicted octanol–water partition coefficient (Wildman–Crippen LogP) is 3.99. The first-order chi connectivity index (χ1) is 9.51. The molecule has 2 nitrogen and oxygen atoms in total. The molecule has 2 rings (SSSR count). The highest BCUT2D eigenvalue weighted by Crippen LogP contribution is 2.27. The van der Waals surface area contributed by atoms with E-state index in [0.717, 1.165) is 12.1 Å². The summed E-state index contributed by atoms with van der Waals surface area (Å²) in [6.45, 7) is 0. The summed E-state index contributed by atoms with van der Waals surface area (Å²) in [5.74, 6) is -3.72. The maximum absolute atomic E-state index is 13.0. The molecule has 0 spiro atoms. The van der Waals surface area contributed by atoms with Gasteiger partial charge in [-0.25, -0.2) is 13.2 Å².